The number of aromatic nitrogens is 2. The molecule has 1 saturated carbocycles. The Morgan fingerprint density at radius 3 is 2.58 bits per heavy atom. The van der Waals surface area contributed by atoms with Crippen molar-refractivity contribution in [2.24, 2.45) is 5.92 Å². The molecule has 1 aromatic rings. The zero-order valence-electron chi connectivity index (χ0n) is 11.5. The average Bonchev–Trinajstić information content (AvgIpc) is 2.34. The number of unbranched alkanes of at least 4 members (excludes halogenated alkanes) is 2. The Morgan fingerprint density at radius 2 is 2.00 bits per heavy atom. The highest BCUT2D eigenvalue weighted by Gasteiger charge is 2.25. The van der Waals surface area contributed by atoms with Crippen LogP contribution in [0.4, 0.5) is 11.6 Å². The second-order valence-corrected chi connectivity index (χ2v) is 5.05. The fraction of sp³-hybridized carbons (Fsp3) is 0.643. The molecule has 0 radical (unpaired) electrons. The van der Waals surface area contributed by atoms with Crippen LogP contribution in [0.25, 0.3) is 0 Å². The molecular formula is C14H22N4O. The normalized spacial score (nSPS) is 14.8. The predicted octanol–water partition coefficient (Wildman–Crippen LogP) is 2.82. The van der Waals surface area contributed by atoms with Crippen LogP contribution in [-0.2, 0) is 4.79 Å². The van der Waals surface area contributed by atoms with Crippen molar-refractivity contribution >= 4 is 17.5 Å². The summed E-state index contributed by atoms with van der Waals surface area (Å²) in [6.45, 7) is 3.09. The van der Waals surface area contributed by atoms with Gasteiger partial charge in [0.25, 0.3) is 0 Å². The van der Waals surface area contributed by atoms with Crippen LogP contribution in [0.5, 0.6) is 0 Å². The third-order valence-electron chi connectivity index (χ3n) is 3.48. The lowest BCUT2D eigenvalue weighted by Crippen LogP contribution is -2.28. The number of hydrogen-bond acceptors (Lipinski definition) is 4. The van der Waals surface area contributed by atoms with Crippen LogP contribution in [0.1, 0.15) is 45.4 Å². The largest absolute Gasteiger partial charge is 0.369 e. The van der Waals surface area contributed by atoms with Crippen molar-refractivity contribution in [3.05, 3.63) is 12.1 Å². The van der Waals surface area contributed by atoms with Gasteiger partial charge in [0.15, 0.2) is 5.82 Å². The summed E-state index contributed by atoms with van der Waals surface area (Å²) < 4.78 is 0. The minimum Gasteiger partial charge on any atom is -0.369 e. The van der Waals surface area contributed by atoms with Gasteiger partial charge in [0.1, 0.15) is 5.82 Å². The molecule has 1 aromatic heterocycles. The topological polar surface area (TPSA) is 66.9 Å². The highest BCUT2D eigenvalue weighted by atomic mass is 16.2. The Labute approximate surface area is 114 Å². The fourth-order valence-electron chi connectivity index (χ4n) is 1.98. The van der Waals surface area contributed by atoms with E-state index >= 15 is 0 Å². The van der Waals surface area contributed by atoms with Crippen LogP contribution in [-0.4, -0.2) is 22.6 Å². The van der Waals surface area contributed by atoms with E-state index < -0.39 is 0 Å². The monoisotopic (exact) mass is 262 g/mol. The first-order valence-electron chi connectivity index (χ1n) is 7.18. The summed E-state index contributed by atoms with van der Waals surface area (Å²) in [7, 11) is 0. The molecular weight excluding hydrogens is 240 g/mol. The van der Waals surface area contributed by atoms with Crippen LogP contribution in [0, 0.1) is 5.92 Å². The third kappa shape index (κ3) is 4.19. The summed E-state index contributed by atoms with van der Waals surface area (Å²) in [5.41, 5.74) is 0. The molecule has 1 heterocycles. The molecule has 1 aliphatic carbocycles. The second kappa shape index (κ2) is 7.07. The molecule has 0 saturated heterocycles. The van der Waals surface area contributed by atoms with Crippen LogP contribution in [0.15, 0.2) is 12.1 Å². The number of anilines is 2. The molecule has 5 nitrogen and oxygen atoms in total. The van der Waals surface area contributed by atoms with Gasteiger partial charge in [-0.2, -0.15) is 0 Å². The number of carbonyl (C=O) groups excluding carboxylic acids is 1. The molecule has 1 amide bonds. The molecule has 0 atom stereocenters. The van der Waals surface area contributed by atoms with Gasteiger partial charge in [0.05, 0.1) is 0 Å². The maximum atomic E-state index is 11.7. The molecule has 0 aromatic carbocycles. The van der Waals surface area contributed by atoms with Gasteiger partial charge in [-0.15, -0.1) is 10.2 Å². The van der Waals surface area contributed by atoms with Crippen molar-refractivity contribution < 1.29 is 4.79 Å². The molecule has 0 unspecified atom stereocenters. The lowest BCUT2D eigenvalue weighted by molar-refractivity contribution is -0.122. The smallest absolute Gasteiger partial charge is 0.228 e. The number of nitrogens with zero attached hydrogens (tertiary/aromatic N) is 2. The van der Waals surface area contributed by atoms with Gasteiger partial charge in [-0.05, 0) is 31.4 Å². The molecule has 1 fully saturated rings. The number of carbonyl (C=O) groups is 1. The van der Waals surface area contributed by atoms with Crippen LogP contribution in [0.3, 0.4) is 0 Å². The standard InChI is InChI=1S/C14H22N4O/c1-2-3-4-10-15-12-8-9-13(18-17-12)16-14(19)11-6-5-7-11/h8-9,11H,2-7,10H2,1H3,(H,15,17)(H,16,18,19). The second-order valence-electron chi connectivity index (χ2n) is 5.05. The van der Waals surface area contributed by atoms with Crippen molar-refractivity contribution in [1.82, 2.24) is 10.2 Å². The summed E-state index contributed by atoms with van der Waals surface area (Å²) in [5, 5.41) is 14.1. The van der Waals surface area contributed by atoms with Crippen molar-refractivity contribution in [2.45, 2.75) is 45.4 Å². The molecule has 2 N–H and O–H groups in total. The highest BCUT2D eigenvalue weighted by Crippen LogP contribution is 2.27. The first kappa shape index (κ1) is 13.8. The Kier molecular flexibility index (Phi) is 5.12. The molecule has 0 bridgehead atoms. The van der Waals surface area contributed by atoms with Gasteiger partial charge in [-0.25, -0.2) is 0 Å². The fourth-order valence-corrected chi connectivity index (χ4v) is 1.98. The summed E-state index contributed by atoms with van der Waals surface area (Å²) in [5.74, 6) is 1.55. The number of amides is 1. The minimum absolute atomic E-state index is 0.0733. The van der Waals surface area contributed by atoms with Crippen LogP contribution in [0.2, 0.25) is 0 Å². The quantitative estimate of drug-likeness (QED) is 0.741. The minimum atomic E-state index is 0.0733. The zero-order chi connectivity index (χ0) is 13.5. The first-order valence-corrected chi connectivity index (χ1v) is 7.18. The Hall–Kier alpha value is -1.65. The van der Waals surface area contributed by atoms with E-state index in [-0.39, 0.29) is 11.8 Å². The first-order chi connectivity index (χ1) is 9.29. The van der Waals surface area contributed by atoms with E-state index in [0.717, 1.165) is 38.0 Å². The summed E-state index contributed by atoms with van der Waals surface area (Å²) >= 11 is 0. The maximum Gasteiger partial charge on any atom is 0.228 e. The van der Waals surface area contributed by atoms with Gasteiger partial charge in [0, 0.05) is 12.5 Å². The summed E-state index contributed by atoms with van der Waals surface area (Å²) in [6.07, 6.45) is 6.71. The van der Waals surface area contributed by atoms with Crippen LogP contribution < -0.4 is 10.6 Å². The molecule has 2 rings (SSSR count). The van der Waals surface area contributed by atoms with E-state index in [0.29, 0.717) is 5.82 Å². The Bertz CT molecular complexity index is 400. The number of rotatable bonds is 7. The highest BCUT2D eigenvalue weighted by molar-refractivity contribution is 5.92. The Balaban J connectivity index is 1.75. The van der Waals surface area contributed by atoms with Gasteiger partial charge >= 0.3 is 0 Å². The zero-order valence-corrected chi connectivity index (χ0v) is 11.5. The van der Waals surface area contributed by atoms with Crippen molar-refractivity contribution in [3.8, 4) is 0 Å². The van der Waals surface area contributed by atoms with Crippen molar-refractivity contribution in [1.29, 1.82) is 0 Å². The Morgan fingerprint density at radius 1 is 1.26 bits per heavy atom. The predicted molar refractivity (Wildman–Crippen MR) is 76.0 cm³/mol. The maximum absolute atomic E-state index is 11.7. The molecule has 0 aliphatic heterocycles. The van der Waals surface area contributed by atoms with E-state index in [1.807, 2.05) is 6.07 Å². The molecule has 5 heteroatoms. The lowest BCUT2D eigenvalue weighted by atomic mass is 9.85. The average molecular weight is 262 g/mol. The van der Waals surface area contributed by atoms with E-state index in [4.69, 9.17) is 0 Å². The SMILES string of the molecule is CCCCCNc1ccc(NC(=O)C2CCC2)nn1. The van der Waals surface area contributed by atoms with Gasteiger partial charge in [-0.3, -0.25) is 4.79 Å². The van der Waals surface area contributed by atoms with Gasteiger partial charge in [-0.1, -0.05) is 26.2 Å². The number of hydrogen-bond donors (Lipinski definition) is 2. The number of nitrogens with one attached hydrogen (secondary N) is 2. The summed E-state index contributed by atoms with van der Waals surface area (Å²) in [4.78, 5) is 11.7. The molecule has 104 valence electrons. The van der Waals surface area contributed by atoms with E-state index in [2.05, 4.69) is 27.8 Å². The van der Waals surface area contributed by atoms with E-state index in [1.54, 1.807) is 6.07 Å². The van der Waals surface area contributed by atoms with E-state index in [9.17, 15) is 4.79 Å². The summed E-state index contributed by atoms with van der Waals surface area (Å²) in [6, 6.07) is 3.65. The van der Waals surface area contributed by atoms with E-state index in [1.165, 1.54) is 12.8 Å². The molecule has 1 aliphatic rings. The van der Waals surface area contributed by atoms with Gasteiger partial charge < -0.3 is 10.6 Å². The lowest BCUT2D eigenvalue weighted by Gasteiger charge is -2.23. The van der Waals surface area contributed by atoms with Crippen molar-refractivity contribution in [2.75, 3.05) is 17.2 Å². The van der Waals surface area contributed by atoms with Crippen molar-refractivity contribution in [3.63, 3.8) is 0 Å². The van der Waals surface area contributed by atoms with Gasteiger partial charge in [0.2, 0.25) is 5.91 Å². The molecule has 19 heavy (non-hydrogen) atoms. The molecule has 0 spiro atoms. The third-order valence-corrected chi connectivity index (χ3v) is 3.48. The van der Waals surface area contributed by atoms with Crippen LogP contribution >= 0.6 is 0 Å².